The maximum Gasteiger partial charge on any atom is 0.161 e. The lowest BCUT2D eigenvalue weighted by molar-refractivity contribution is 1.11. The Morgan fingerprint density at radius 1 is 1.00 bits per heavy atom. The van der Waals surface area contributed by atoms with E-state index in [0.717, 1.165) is 39.4 Å². The van der Waals surface area contributed by atoms with Crippen LogP contribution in [-0.4, -0.2) is 15.2 Å². The van der Waals surface area contributed by atoms with Crippen molar-refractivity contribution in [2.24, 2.45) is 0 Å². The Hall–Kier alpha value is -2.85. The molecular formula is C19H15ClN4. The molecule has 4 aromatic rings. The number of hydrogen-bond donors (Lipinski definition) is 2. The third-order valence-electron chi connectivity index (χ3n) is 3.84. The van der Waals surface area contributed by atoms with Crippen LogP contribution in [-0.2, 0) is 0 Å². The number of nitrogens with zero attached hydrogens (tertiary/aromatic N) is 2. The Labute approximate surface area is 144 Å². The van der Waals surface area contributed by atoms with Crippen molar-refractivity contribution in [1.29, 1.82) is 0 Å². The molecule has 0 bridgehead atoms. The zero-order chi connectivity index (χ0) is 16.5. The number of anilines is 2. The number of benzene rings is 2. The number of pyridine rings is 1. The van der Waals surface area contributed by atoms with E-state index in [2.05, 4.69) is 15.5 Å². The van der Waals surface area contributed by atoms with Gasteiger partial charge in [0, 0.05) is 16.0 Å². The molecule has 0 aliphatic rings. The van der Waals surface area contributed by atoms with Gasteiger partial charge in [-0.15, -0.1) is 0 Å². The van der Waals surface area contributed by atoms with Crippen molar-refractivity contribution in [3.63, 3.8) is 0 Å². The highest BCUT2D eigenvalue weighted by Crippen LogP contribution is 2.29. The SMILES string of the molecule is Cc1cc(Nc2n[nH]c3ccccc23)nc(-c2ccccc2Cl)c1. The van der Waals surface area contributed by atoms with E-state index in [9.17, 15) is 0 Å². The molecular weight excluding hydrogens is 320 g/mol. The Bertz CT molecular complexity index is 1020. The number of nitrogens with one attached hydrogen (secondary N) is 2. The molecule has 2 aromatic heterocycles. The quantitative estimate of drug-likeness (QED) is 0.532. The summed E-state index contributed by atoms with van der Waals surface area (Å²) in [5.74, 6) is 1.50. The van der Waals surface area contributed by atoms with Gasteiger partial charge in [0.1, 0.15) is 5.82 Å². The third kappa shape index (κ3) is 2.72. The number of H-pyrrole nitrogens is 1. The van der Waals surface area contributed by atoms with Crippen LogP contribution in [0.1, 0.15) is 5.56 Å². The number of halogens is 1. The van der Waals surface area contributed by atoms with E-state index in [-0.39, 0.29) is 0 Å². The van der Waals surface area contributed by atoms with Crippen molar-refractivity contribution in [1.82, 2.24) is 15.2 Å². The van der Waals surface area contributed by atoms with Gasteiger partial charge in [-0.2, -0.15) is 5.10 Å². The van der Waals surface area contributed by atoms with Crippen molar-refractivity contribution in [2.75, 3.05) is 5.32 Å². The minimum Gasteiger partial charge on any atom is -0.323 e. The van der Waals surface area contributed by atoms with Crippen LogP contribution in [0.25, 0.3) is 22.2 Å². The summed E-state index contributed by atoms with van der Waals surface area (Å²) in [4.78, 5) is 4.70. The molecule has 0 aliphatic carbocycles. The lowest BCUT2D eigenvalue weighted by Crippen LogP contribution is -1.97. The highest BCUT2D eigenvalue weighted by atomic mass is 35.5. The number of aromatic nitrogens is 3. The van der Waals surface area contributed by atoms with E-state index in [1.807, 2.05) is 67.6 Å². The molecule has 0 atom stereocenters. The first-order valence-electron chi connectivity index (χ1n) is 7.64. The first-order valence-corrected chi connectivity index (χ1v) is 8.02. The zero-order valence-corrected chi connectivity index (χ0v) is 13.8. The minimum absolute atomic E-state index is 0.687. The summed E-state index contributed by atoms with van der Waals surface area (Å²) in [6, 6.07) is 19.7. The van der Waals surface area contributed by atoms with Crippen LogP contribution in [0.2, 0.25) is 5.02 Å². The maximum absolute atomic E-state index is 6.31. The molecule has 0 aliphatic heterocycles. The van der Waals surface area contributed by atoms with Gasteiger partial charge < -0.3 is 5.32 Å². The summed E-state index contributed by atoms with van der Waals surface area (Å²) >= 11 is 6.31. The standard InChI is InChI=1S/C19H15ClN4/c1-12-10-17(13-6-2-4-8-15(13)20)21-18(11-12)22-19-14-7-3-5-9-16(14)23-24-19/h2-11H,1H3,(H2,21,22,23,24). The van der Waals surface area contributed by atoms with E-state index in [4.69, 9.17) is 16.6 Å². The summed E-state index contributed by atoms with van der Waals surface area (Å²) < 4.78 is 0. The molecule has 0 fully saturated rings. The minimum atomic E-state index is 0.687. The molecule has 24 heavy (non-hydrogen) atoms. The Balaban J connectivity index is 1.75. The second-order valence-corrected chi connectivity index (χ2v) is 6.04. The van der Waals surface area contributed by atoms with Crippen LogP contribution in [0.3, 0.4) is 0 Å². The number of hydrogen-bond acceptors (Lipinski definition) is 3. The van der Waals surface area contributed by atoms with E-state index in [0.29, 0.717) is 5.02 Å². The summed E-state index contributed by atoms with van der Waals surface area (Å²) in [5, 5.41) is 12.4. The number of para-hydroxylation sites is 1. The van der Waals surface area contributed by atoms with Crippen LogP contribution < -0.4 is 5.32 Å². The van der Waals surface area contributed by atoms with Gasteiger partial charge in [-0.05, 0) is 42.8 Å². The van der Waals surface area contributed by atoms with E-state index in [1.54, 1.807) is 0 Å². The average Bonchev–Trinajstić information content (AvgIpc) is 2.98. The molecule has 0 unspecified atom stereocenters. The zero-order valence-electron chi connectivity index (χ0n) is 13.0. The second kappa shape index (κ2) is 5.98. The smallest absolute Gasteiger partial charge is 0.161 e. The molecule has 0 radical (unpaired) electrons. The van der Waals surface area contributed by atoms with Gasteiger partial charge in [0.2, 0.25) is 0 Å². The average molecular weight is 335 g/mol. The van der Waals surface area contributed by atoms with Crippen molar-refractivity contribution >= 4 is 34.1 Å². The molecule has 0 amide bonds. The van der Waals surface area contributed by atoms with Crippen molar-refractivity contribution < 1.29 is 0 Å². The van der Waals surface area contributed by atoms with E-state index >= 15 is 0 Å². The fourth-order valence-electron chi connectivity index (χ4n) is 2.72. The highest BCUT2D eigenvalue weighted by Gasteiger charge is 2.09. The largest absolute Gasteiger partial charge is 0.323 e. The summed E-state index contributed by atoms with van der Waals surface area (Å²) in [6.45, 7) is 2.04. The van der Waals surface area contributed by atoms with Gasteiger partial charge in [0.25, 0.3) is 0 Å². The molecule has 5 heteroatoms. The molecule has 2 aromatic carbocycles. The number of fused-ring (bicyclic) bond motifs is 1. The van der Waals surface area contributed by atoms with Crippen molar-refractivity contribution in [3.8, 4) is 11.3 Å². The molecule has 4 rings (SSSR count). The van der Waals surface area contributed by atoms with Gasteiger partial charge in [-0.25, -0.2) is 4.98 Å². The maximum atomic E-state index is 6.31. The first-order chi connectivity index (χ1) is 11.7. The van der Waals surface area contributed by atoms with Crippen LogP contribution >= 0.6 is 11.6 Å². The number of rotatable bonds is 3. The summed E-state index contributed by atoms with van der Waals surface area (Å²) in [5.41, 5.74) is 3.84. The number of aryl methyl sites for hydroxylation is 1. The Kier molecular flexibility index (Phi) is 3.67. The molecule has 0 spiro atoms. The molecule has 2 N–H and O–H groups in total. The van der Waals surface area contributed by atoms with E-state index in [1.165, 1.54) is 0 Å². The second-order valence-electron chi connectivity index (χ2n) is 5.64. The lowest BCUT2D eigenvalue weighted by Gasteiger charge is -2.09. The summed E-state index contributed by atoms with van der Waals surface area (Å²) in [7, 11) is 0. The lowest BCUT2D eigenvalue weighted by atomic mass is 10.1. The molecule has 118 valence electrons. The predicted molar refractivity (Wildman–Crippen MR) is 98.8 cm³/mol. The Morgan fingerprint density at radius 3 is 2.67 bits per heavy atom. The summed E-state index contributed by atoms with van der Waals surface area (Å²) in [6.07, 6.45) is 0. The fraction of sp³-hybridized carbons (Fsp3) is 0.0526. The van der Waals surface area contributed by atoms with E-state index < -0.39 is 0 Å². The fourth-order valence-corrected chi connectivity index (χ4v) is 2.95. The van der Waals surface area contributed by atoms with Crippen LogP contribution in [0.4, 0.5) is 11.6 Å². The molecule has 0 saturated heterocycles. The molecule has 0 saturated carbocycles. The van der Waals surface area contributed by atoms with Crippen LogP contribution in [0.5, 0.6) is 0 Å². The van der Waals surface area contributed by atoms with Crippen molar-refractivity contribution in [2.45, 2.75) is 6.92 Å². The third-order valence-corrected chi connectivity index (χ3v) is 4.17. The van der Waals surface area contributed by atoms with Crippen molar-refractivity contribution in [3.05, 3.63) is 71.2 Å². The van der Waals surface area contributed by atoms with Crippen LogP contribution in [0.15, 0.2) is 60.7 Å². The number of aromatic amines is 1. The predicted octanol–water partition coefficient (Wildman–Crippen LogP) is 5.33. The highest BCUT2D eigenvalue weighted by molar-refractivity contribution is 6.33. The molecule has 2 heterocycles. The topological polar surface area (TPSA) is 53.6 Å². The first kappa shape index (κ1) is 14.7. The Morgan fingerprint density at radius 2 is 1.79 bits per heavy atom. The molecule has 4 nitrogen and oxygen atoms in total. The monoisotopic (exact) mass is 334 g/mol. The van der Waals surface area contributed by atoms with Gasteiger partial charge in [0.15, 0.2) is 5.82 Å². The van der Waals surface area contributed by atoms with Gasteiger partial charge in [-0.1, -0.05) is 41.9 Å². The normalized spacial score (nSPS) is 10.9. The van der Waals surface area contributed by atoms with Gasteiger partial charge in [-0.3, -0.25) is 5.10 Å². The van der Waals surface area contributed by atoms with Crippen LogP contribution in [0, 0.1) is 6.92 Å². The van der Waals surface area contributed by atoms with Gasteiger partial charge in [0.05, 0.1) is 11.2 Å². The van der Waals surface area contributed by atoms with Gasteiger partial charge >= 0.3 is 0 Å².